The number of benzene rings is 3. The van der Waals surface area contributed by atoms with Crippen molar-refractivity contribution in [2.45, 2.75) is 18.4 Å². The molecule has 0 saturated heterocycles. The Morgan fingerprint density at radius 3 is 2.34 bits per heavy atom. The lowest BCUT2D eigenvalue weighted by atomic mass is 10.1. The molecule has 1 heterocycles. The van der Waals surface area contributed by atoms with Gasteiger partial charge in [-0.2, -0.15) is 4.98 Å². The average molecular weight is 449 g/mol. The van der Waals surface area contributed by atoms with Crippen molar-refractivity contribution in [1.82, 2.24) is 15.5 Å². The van der Waals surface area contributed by atoms with Gasteiger partial charge in [-0.05, 0) is 61.0 Å². The Morgan fingerprint density at radius 2 is 1.69 bits per heavy atom. The number of carbonyl (C=O) groups excluding carboxylic acids is 1. The highest BCUT2D eigenvalue weighted by Gasteiger charge is 2.13. The number of aromatic nitrogens is 2. The minimum atomic E-state index is -3.77. The van der Waals surface area contributed by atoms with Gasteiger partial charge in [-0.15, -0.1) is 0 Å². The zero-order valence-electron chi connectivity index (χ0n) is 17.1. The van der Waals surface area contributed by atoms with Crippen LogP contribution in [-0.4, -0.2) is 24.5 Å². The van der Waals surface area contributed by atoms with E-state index in [0.29, 0.717) is 29.1 Å². The van der Waals surface area contributed by atoms with E-state index in [2.05, 4.69) is 15.5 Å². The highest BCUT2D eigenvalue weighted by molar-refractivity contribution is 7.89. The highest BCUT2D eigenvalue weighted by atomic mass is 32.2. The van der Waals surface area contributed by atoms with Crippen LogP contribution in [0.4, 0.5) is 0 Å². The maximum Gasteiger partial charge on any atom is 0.258 e. The van der Waals surface area contributed by atoms with Crippen LogP contribution in [0.5, 0.6) is 0 Å². The molecule has 162 valence electrons. The molecule has 1 amide bonds. The first kappa shape index (κ1) is 21.4. The van der Waals surface area contributed by atoms with Crippen LogP contribution in [0, 0.1) is 6.92 Å². The lowest BCUT2D eigenvalue weighted by molar-refractivity contribution is 0.0951. The number of primary sulfonamides is 1. The van der Waals surface area contributed by atoms with Crippen LogP contribution in [0.25, 0.3) is 22.8 Å². The summed E-state index contributed by atoms with van der Waals surface area (Å²) in [6, 6.07) is 20.6. The molecule has 0 spiro atoms. The third-order valence-corrected chi connectivity index (χ3v) is 5.73. The maximum absolute atomic E-state index is 12.4. The van der Waals surface area contributed by atoms with Crippen molar-refractivity contribution in [1.29, 1.82) is 0 Å². The Bertz CT molecular complexity index is 1360. The molecule has 0 aliphatic carbocycles. The summed E-state index contributed by atoms with van der Waals surface area (Å²) in [4.78, 5) is 16.8. The molecule has 4 rings (SSSR count). The SMILES string of the molecule is Cc1cccc(CNC(=O)c2ccc(-c3nc(-c4ccc(S(N)(=O)=O)cc4)no3)cc2)c1. The summed E-state index contributed by atoms with van der Waals surface area (Å²) in [5.41, 5.74) is 3.92. The Labute approximate surface area is 185 Å². The number of nitrogens with two attached hydrogens (primary N) is 1. The normalized spacial score (nSPS) is 11.3. The van der Waals surface area contributed by atoms with E-state index in [4.69, 9.17) is 9.66 Å². The molecule has 0 unspecified atom stereocenters. The third kappa shape index (κ3) is 4.90. The fourth-order valence-corrected chi connectivity index (χ4v) is 3.64. The zero-order chi connectivity index (χ0) is 22.7. The summed E-state index contributed by atoms with van der Waals surface area (Å²) in [5, 5.41) is 11.9. The molecule has 0 bridgehead atoms. The monoisotopic (exact) mass is 448 g/mol. The number of amides is 1. The minimum Gasteiger partial charge on any atom is -0.348 e. The topological polar surface area (TPSA) is 128 Å². The van der Waals surface area contributed by atoms with Crippen LogP contribution in [0.2, 0.25) is 0 Å². The van der Waals surface area contributed by atoms with Crippen LogP contribution in [0.1, 0.15) is 21.5 Å². The Hall–Kier alpha value is -3.82. The number of sulfonamides is 1. The van der Waals surface area contributed by atoms with Crippen LogP contribution in [0.3, 0.4) is 0 Å². The molecular weight excluding hydrogens is 428 g/mol. The number of nitrogens with zero attached hydrogens (tertiary/aromatic N) is 2. The summed E-state index contributed by atoms with van der Waals surface area (Å²) in [6.45, 7) is 2.45. The lowest BCUT2D eigenvalue weighted by Gasteiger charge is -2.06. The number of nitrogens with one attached hydrogen (secondary N) is 1. The quantitative estimate of drug-likeness (QED) is 0.466. The van der Waals surface area contributed by atoms with E-state index >= 15 is 0 Å². The molecule has 1 aromatic heterocycles. The molecule has 9 heteroatoms. The van der Waals surface area contributed by atoms with Crippen molar-refractivity contribution < 1.29 is 17.7 Å². The van der Waals surface area contributed by atoms with E-state index < -0.39 is 10.0 Å². The number of carbonyl (C=O) groups is 1. The van der Waals surface area contributed by atoms with Crippen molar-refractivity contribution in [2.24, 2.45) is 5.14 Å². The van der Waals surface area contributed by atoms with Crippen molar-refractivity contribution in [2.75, 3.05) is 0 Å². The van der Waals surface area contributed by atoms with Crippen LogP contribution < -0.4 is 10.5 Å². The third-order valence-electron chi connectivity index (χ3n) is 4.80. The van der Waals surface area contributed by atoms with Crippen molar-refractivity contribution in [3.8, 4) is 22.8 Å². The fourth-order valence-electron chi connectivity index (χ4n) is 3.12. The molecule has 0 fully saturated rings. The van der Waals surface area contributed by atoms with Gasteiger partial charge in [-0.3, -0.25) is 4.79 Å². The lowest BCUT2D eigenvalue weighted by Crippen LogP contribution is -2.22. The zero-order valence-corrected chi connectivity index (χ0v) is 18.0. The van der Waals surface area contributed by atoms with Crippen molar-refractivity contribution >= 4 is 15.9 Å². The smallest absolute Gasteiger partial charge is 0.258 e. The molecule has 3 aromatic carbocycles. The Balaban J connectivity index is 1.44. The Kier molecular flexibility index (Phi) is 5.85. The van der Waals surface area contributed by atoms with Gasteiger partial charge in [0.05, 0.1) is 4.90 Å². The molecule has 8 nitrogen and oxygen atoms in total. The van der Waals surface area contributed by atoms with Crippen molar-refractivity contribution in [3.63, 3.8) is 0 Å². The van der Waals surface area contributed by atoms with E-state index in [-0.39, 0.29) is 16.7 Å². The second-order valence-corrected chi connectivity index (χ2v) is 8.80. The number of rotatable bonds is 6. The van der Waals surface area contributed by atoms with Gasteiger partial charge in [0.1, 0.15) is 0 Å². The first-order chi connectivity index (χ1) is 15.3. The van der Waals surface area contributed by atoms with Gasteiger partial charge in [0.2, 0.25) is 15.8 Å². The average Bonchev–Trinajstić information content (AvgIpc) is 3.27. The summed E-state index contributed by atoms with van der Waals surface area (Å²) in [5.74, 6) is 0.405. The van der Waals surface area contributed by atoms with Gasteiger partial charge in [-0.1, -0.05) is 35.0 Å². The van der Waals surface area contributed by atoms with E-state index in [1.165, 1.54) is 12.1 Å². The van der Waals surface area contributed by atoms with Gasteiger partial charge < -0.3 is 9.84 Å². The number of hydrogen-bond donors (Lipinski definition) is 2. The molecule has 0 saturated carbocycles. The van der Waals surface area contributed by atoms with Gasteiger partial charge in [0, 0.05) is 23.2 Å². The van der Waals surface area contributed by atoms with Gasteiger partial charge in [0.15, 0.2) is 0 Å². The van der Waals surface area contributed by atoms with E-state index in [1.807, 2.05) is 31.2 Å². The predicted molar refractivity (Wildman–Crippen MR) is 119 cm³/mol. The molecular formula is C23H20N4O4S. The molecule has 32 heavy (non-hydrogen) atoms. The van der Waals surface area contributed by atoms with Crippen LogP contribution >= 0.6 is 0 Å². The molecule has 0 aliphatic heterocycles. The van der Waals surface area contributed by atoms with E-state index in [0.717, 1.165) is 11.1 Å². The molecule has 0 aliphatic rings. The second-order valence-electron chi connectivity index (χ2n) is 7.24. The predicted octanol–water partition coefficient (Wildman–Crippen LogP) is 3.29. The van der Waals surface area contributed by atoms with E-state index in [9.17, 15) is 13.2 Å². The standard InChI is InChI=1S/C23H20N4O4S/c1-15-3-2-4-16(13-15)14-25-22(28)18-5-7-19(8-6-18)23-26-21(27-31-23)17-9-11-20(12-10-17)32(24,29)30/h2-13H,14H2,1H3,(H,25,28)(H2,24,29,30). The van der Waals surface area contributed by atoms with Crippen LogP contribution in [-0.2, 0) is 16.6 Å². The highest BCUT2D eigenvalue weighted by Crippen LogP contribution is 2.23. The summed E-state index contributed by atoms with van der Waals surface area (Å²) >= 11 is 0. The fraction of sp³-hybridized carbons (Fsp3) is 0.0870. The largest absolute Gasteiger partial charge is 0.348 e. The summed E-state index contributed by atoms with van der Waals surface area (Å²) in [7, 11) is -3.77. The first-order valence-corrected chi connectivity index (χ1v) is 11.3. The van der Waals surface area contributed by atoms with Crippen molar-refractivity contribution in [3.05, 3.63) is 89.5 Å². The van der Waals surface area contributed by atoms with Gasteiger partial charge in [-0.25, -0.2) is 13.6 Å². The molecule has 4 aromatic rings. The van der Waals surface area contributed by atoms with Gasteiger partial charge >= 0.3 is 0 Å². The Morgan fingerprint density at radius 1 is 1.00 bits per heavy atom. The number of aryl methyl sites for hydroxylation is 1. The molecule has 0 radical (unpaired) electrons. The van der Waals surface area contributed by atoms with Crippen LogP contribution in [0.15, 0.2) is 82.2 Å². The maximum atomic E-state index is 12.4. The number of hydrogen-bond acceptors (Lipinski definition) is 6. The second kappa shape index (κ2) is 8.74. The summed E-state index contributed by atoms with van der Waals surface area (Å²) in [6.07, 6.45) is 0. The molecule has 0 atom stereocenters. The van der Waals surface area contributed by atoms with E-state index in [1.54, 1.807) is 36.4 Å². The van der Waals surface area contributed by atoms with Gasteiger partial charge in [0.25, 0.3) is 11.8 Å². The molecule has 3 N–H and O–H groups in total. The minimum absolute atomic E-state index is 0.00114. The summed E-state index contributed by atoms with van der Waals surface area (Å²) < 4.78 is 28.1. The first-order valence-electron chi connectivity index (χ1n) is 9.71.